The molecule has 1 aromatic carbocycles. The van der Waals surface area contributed by atoms with Crippen LogP contribution in [0.5, 0.6) is 0 Å². The third-order valence-corrected chi connectivity index (χ3v) is 2.94. The monoisotopic (exact) mass is 201 g/mol. The maximum atomic E-state index is 2.20. The fourth-order valence-corrected chi connectivity index (χ4v) is 1.85. The Balaban J connectivity index is 2.34. The van der Waals surface area contributed by atoms with Crippen LogP contribution in [0.2, 0.25) is 0 Å². The van der Waals surface area contributed by atoms with Crippen LogP contribution in [0.25, 0.3) is 0 Å². The molecule has 15 heavy (non-hydrogen) atoms. The Morgan fingerprint density at radius 2 is 2.00 bits per heavy atom. The topological polar surface area (TPSA) is 8.81 Å². The van der Waals surface area contributed by atoms with Gasteiger partial charge in [-0.2, -0.15) is 0 Å². The summed E-state index contributed by atoms with van der Waals surface area (Å²) in [7, 11) is 4.18. The molecule has 2 rings (SSSR count). The second-order valence-corrected chi connectivity index (χ2v) is 4.04. The highest BCUT2D eigenvalue weighted by Crippen LogP contribution is 2.10. The van der Waals surface area contributed by atoms with Gasteiger partial charge in [0.1, 0.15) is 12.4 Å². The molecule has 0 N–H and O–H groups in total. The van der Waals surface area contributed by atoms with Gasteiger partial charge in [0.05, 0.1) is 20.5 Å². The van der Waals surface area contributed by atoms with Crippen molar-refractivity contribution in [3.8, 4) is 0 Å². The maximum absolute atomic E-state index is 2.20. The average molecular weight is 201 g/mol. The smallest absolute Gasteiger partial charge is 0.237 e. The van der Waals surface area contributed by atoms with Gasteiger partial charge in [0.2, 0.25) is 0 Å². The Kier molecular flexibility index (Phi) is 2.58. The standard InChI is InChI=1S/C13H17N2/c1-11-6-4-5-7-12(11)10-13-14(2)8-9-15(13)3/h4-9H,10H2,1-3H3/q+1. The molecule has 0 spiro atoms. The van der Waals surface area contributed by atoms with Crippen LogP contribution in [0.4, 0.5) is 0 Å². The van der Waals surface area contributed by atoms with Crippen molar-refractivity contribution in [2.45, 2.75) is 13.3 Å². The minimum atomic E-state index is 0.993. The highest BCUT2D eigenvalue weighted by molar-refractivity contribution is 5.27. The largest absolute Gasteiger partial charge is 0.260 e. The number of benzene rings is 1. The zero-order valence-electron chi connectivity index (χ0n) is 9.57. The van der Waals surface area contributed by atoms with Crippen molar-refractivity contribution in [2.75, 3.05) is 0 Å². The lowest BCUT2D eigenvalue weighted by atomic mass is 10.1. The van der Waals surface area contributed by atoms with Gasteiger partial charge in [-0.15, -0.1) is 0 Å². The molecule has 0 aliphatic rings. The second kappa shape index (κ2) is 3.89. The summed E-state index contributed by atoms with van der Waals surface area (Å²) >= 11 is 0. The molecular formula is C13H17N2+. The van der Waals surface area contributed by atoms with Crippen LogP contribution in [0.3, 0.4) is 0 Å². The zero-order chi connectivity index (χ0) is 10.8. The number of hydrogen-bond acceptors (Lipinski definition) is 0. The third kappa shape index (κ3) is 1.94. The van der Waals surface area contributed by atoms with E-state index in [0.717, 1.165) is 6.42 Å². The lowest BCUT2D eigenvalue weighted by molar-refractivity contribution is -0.678. The number of hydrogen-bond donors (Lipinski definition) is 0. The van der Waals surface area contributed by atoms with Gasteiger partial charge in [0.25, 0.3) is 5.82 Å². The summed E-state index contributed by atoms with van der Waals surface area (Å²) in [4.78, 5) is 0. The van der Waals surface area contributed by atoms with E-state index in [0.29, 0.717) is 0 Å². The molecule has 0 radical (unpaired) electrons. The van der Waals surface area contributed by atoms with E-state index in [1.807, 2.05) is 0 Å². The molecule has 78 valence electrons. The molecule has 0 fully saturated rings. The number of nitrogens with zero attached hydrogens (tertiary/aromatic N) is 2. The van der Waals surface area contributed by atoms with Gasteiger partial charge in [-0.25, -0.2) is 9.13 Å². The van der Waals surface area contributed by atoms with Crippen LogP contribution in [0.1, 0.15) is 17.0 Å². The van der Waals surface area contributed by atoms with Crippen LogP contribution in [0, 0.1) is 6.92 Å². The molecule has 0 atom stereocenters. The second-order valence-electron chi connectivity index (χ2n) is 4.04. The van der Waals surface area contributed by atoms with Crippen LogP contribution in [-0.2, 0) is 20.5 Å². The number of rotatable bonds is 2. The van der Waals surface area contributed by atoms with Crippen molar-refractivity contribution in [2.24, 2.45) is 14.1 Å². The molecule has 0 amide bonds. The van der Waals surface area contributed by atoms with Gasteiger partial charge in [-0.3, -0.25) is 0 Å². The summed E-state index contributed by atoms with van der Waals surface area (Å²) in [5.74, 6) is 1.32. The van der Waals surface area contributed by atoms with Crippen LogP contribution in [0.15, 0.2) is 36.7 Å². The minimum absolute atomic E-state index is 0.993. The van der Waals surface area contributed by atoms with Crippen LogP contribution in [-0.4, -0.2) is 4.57 Å². The van der Waals surface area contributed by atoms with Gasteiger partial charge in [0, 0.05) is 0 Å². The fraction of sp³-hybridized carbons (Fsp3) is 0.308. The lowest BCUT2D eigenvalue weighted by Gasteiger charge is -2.03. The first-order valence-corrected chi connectivity index (χ1v) is 5.23. The Morgan fingerprint density at radius 3 is 2.60 bits per heavy atom. The summed E-state index contributed by atoms with van der Waals surface area (Å²) in [6.45, 7) is 2.16. The quantitative estimate of drug-likeness (QED) is 0.655. The van der Waals surface area contributed by atoms with Gasteiger partial charge in [0.15, 0.2) is 0 Å². The van der Waals surface area contributed by atoms with E-state index in [1.54, 1.807) is 0 Å². The Labute approximate surface area is 90.8 Å². The van der Waals surface area contributed by atoms with Gasteiger partial charge >= 0.3 is 0 Å². The van der Waals surface area contributed by atoms with Crippen molar-refractivity contribution in [1.29, 1.82) is 0 Å². The van der Waals surface area contributed by atoms with Crippen LogP contribution >= 0.6 is 0 Å². The highest BCUT2D eigenvalue weighted by atomic mass is 15.1. The van der Waals surface area contributed by atoms with Crippen molar-refractivity contribution in [3.63, 3.8) is 0 Å². The van der Waals surface area contributed by atoms with E-state index in [4.69, 9.17) is 0 Å². The highest BCUT2D eigenvalue weighted by Gasteiger charge is 2.12. The normalized spacial score (nSPS) is 10.6. The molecule has 0 saturated heterocycles. The number of aryl methyl sites for hydroxylation is 3. The van der Waals surface area contributed by atoms with Gasteiger partial charge in [-0.1, -0.05) is 24.3 Å². The molecule has 2 nitrogen and oxygen atoms in total. The fourth-order valence-electron chi connectivity index (χ4n) is 1.85. The SMILES string of the molecule is Cc1ccccc1Cc1n(C)cc[n+]1C. The molecule has 2 aromatic rings. The minimum Gasteiger partial charge on any atom is -0.237 e. The summed E-state index contributed by atoms with van der Waals surface area (Å²) in [5.41, 5.74) is 2.76. The third-order valence-electron chi connectivity index (χ3n) is 2.94. The average Bonchev–Trinajstić information content (AvgIpc) is 2.53. The molecule has 1 heterocycles. The number of imidazole rings is 1. The molecule has 0 aliphatic heterocycles. The first-order valence-electron chi connectivity index (χ1n) is 5.23. The first-order chi connectivity index (χ1) is 7.18. The molecular weight excluding hydrogens is 184 g/mol. The van der Waals surface area contributed by atoms with E-state index in [-0.39, 0.29) is 0 Å². The molecule has 0 aliphatic carbocycles. The van der Waals surface area contributed by atoms with Crippen LogP contribution < -0.4 is 4.57 Å². The molecule has 0 bridgehead atoms. The summed E-state index contributed by atoms with van der Waals surface area (Å²) in [6.07, 6.45) is 5.17. The molecule has 0 saturated carbocycles. The van der Waals surface area contributed by atoms with Gasteiger partial charge < -0.3 is 0 Å². The Hall–Kier alpha value is -1.57. The summed E-state index contributed by atoms with van der Waals surface area (Å²) in [5, 5.41) is 0. The maximum Gasteiger partial charge on any atom is 0.260 e. The molecule has 2 heteroatoms. The van der Waals surface area contributed by atoms with Crippen molar-refractivity contribution >= 4 is 0 Å². The summed E-state index contributed by atoms with van der Waals surface area (Å²) in [6, 6.07) is 8.55. The van der Waals surface area contributed by atoms with E-state index < -0.39 is 0 Å². The van der Waals surface area contributed by atoms with E-state index >= 15 is 0 Å². The van der Waals surface area contributed by atoms with Crippen molar-refractivity contribution in [3.05, 3.63) is 53.6 Å². The predicted octanol–water partition coefficient (Wildman–Crippen LogP) is 1.75. The Morgan fingerprint density at radius 1 is 1.27 bits per heavy atom. The predicted molar refractivity (Wildman–Crippen MR) is 60.6 cm³/mol. The Bertz CT molecular complexity index is 450. The van der Waals surface area contributed by atoms with E-state index in [9.17, 15) is 0 Å². The lowest BCUT2D eigenvalue weighted by Crippen LogP contribution is -2.32. The molecule has 0 unspecified atom stereocenters. The van der Waals surface area contributed by atoms with Crippen molar-refractivity contribution in [1.82, 2.24) is 4.57 Å². The first kappa shape index (κ1) is 9.97. The summed E-state index contributed by atoms with van der Waals surface area (Å²) < 4.78 is 4.35. The molecule has 1 aromatic heterocycles. The van der Waals surface area contributed by atoms with E-state index in [1.165, 1.54) is 17.0 Å². The number of aromatic nitrogens is 2. The van der Waals surface area contributed by atoms with E-state index in [2.05, 4.69) is 66.8 Å². The van der Waals surface area contributed by atoms with Gasteiger partial charge in [-0.05, 0) is 18.1 Å². The van der Waals surface area contributed by atoms with Crippen molar-refractivity contribution < 1.29 is 4.57 Å². The zero-order valence-corrected chi connectivity index (χ0v) is 9.57.